The van der Waals surface area contributed by atoms with E-state index in [4.69, 9.17) is 11.6 Å². The summed E-state index contributed by atoms with van der Waals surface area (Å²) >= 11 is 5.99. The van der Waals surface area contributed by atoms with Crippen LogP contribution in [0.2, 0.25) is 5.02 Å². The maximum Gasteiger partial charge on any atom is 0.149 e. The summed E-state index contributed by atoms with van der Waals surface area (Å²) in [6.45, 7) is 2.74. The molecule has 1 unspecified atom stereocenters. The smallest absolute Gasteiger partial charge is 0.149 e. The van der Waals surface area contributed by atoms with Gasteiger partial charge >= 0.3 is 0 Å². The maximum absolute atomic E-state index is 14.6. The molecule has 23 heavy (non-hydrogen) atoms. The zero-order valence-electron chi connectivity index (χ0n) is 12.4. The highest BCUT2D eigenvalue weighted by Crippen LogP contribution is 2.38. The highest BCUT2D eigenvalue weighted by atomic mass is 35.5. The largest absolute Gasteiger partial charge is 0.339 e. The van der Waals surface area contributed by atoms with Crippen LogP contribution in [0.1, 0.15) is 18.7 Å². The molecular formula is C17H14ClFN4. The third-order valence-corrected chi connectivity index (χ3v) is 4.36. The van der Waals surface area contributed by atoms with E-state index in [1.807, 2.05) is 30.3 Å². The minimum Gasteiger partial charge on any atom is -0.339 e. The molecule has 2 heterocycles. The average Bonchev–Trinajstić information content (AvgIpc) is 2.98. The van der Waals surface area contributed by atoms with Crippen LogP contribution in [0.15, 0.2) is 48.8 Å². The zero-order chi connectivity index (χ0) is 16.0. The molecule has 6 heteroatoms. The average molecular weight is 329 g/mol. The maximum atomic E-state index is 14.6. The Morgan fingerprint density at radius 3 is 2.74 bits per heavy atom. The number of nitrogens with zero attached hydrogens (tertiary/aromatic N) is 4. The van der Waals surface area contributed by atoms with Gasteiger partial charge < -0.3 is 4.90 Å². The monoisotopic (exact) mass is 328 g/mol. The number of rotatable bonds is 1. The first-order valence-electron chi connectivity index (χ1n) is 7.37. The third-order valence-electron chi connectivity index (χ3n) is 4.11. The van der Waals surface area contributed by atoms with Gasteiger partial charge in [0.2, 0.25) is 0 Å². The van der Waals surface area contributed by atoms with E-state index in [0.29, 0.717) is 17.3 Å². The van der Waals surface area contributed by atoms with Gasteiger partial charge in [0, 0.05) is 23.2 Å². The third kappa shape index (κ3) is 2.28. The molecule has 0 fully saturated rings. The van der Waals surface area contributed by atoms with E-state index < -0.39 is 0 Å². The molecule has 1 aliphatic heterocycles. The first-order chi connectivity index (χ1) is 11.1. The first-order valence-corrected chi connectivity index (χ1v) is 7.75. The van der Waals surface area contributed by atoms with Gasteiger partial charge in [0.1, 0.15) is 23.7 Å². The Hall–Kier alpha value is -2.40. The molecule has 2 aromatic carbocycles. The number of fused-ring (bicyclic) bond motifs is 3. The van der Waals surface area contributed by atoms with Crippen molar-refractivity contribution in [3.05, 3.63) is 65.5 Å². The van der Waals surface area contributed by atoms with Crippen LogP contribution in [0, 0.1) is 5.82 Å². The van der Waals surface area contributed by atoms with Crippen molar-refractivity contribution in [1.29, 1.82) is 0 Å². The second kappa shape index (κ2) is 5.35. The van der Waals surface area contributed by atoms with Crippen molar-refractivity contribution < 1.29 is 4.39 Å². The van der Waals surface area contributed by atoms with E-state index in [9.17, 15) is 4.39 Å². The Labute approximate surface area is 138 Å². The van der Waals surface area contributed by atoms with Crippen molar-refractivity contribution in [3.8, 4) is 5.69 Å². The fraction of sp³-hybridized carbons (Fsp3) is 0.176. The summed E-state index contributed by atoms with van der Waals surface area (Å²) in [6.07, 6.45) is 1.57. The van der Waals surface area contributed by atoms with Crippen molar-refractivity contribution >= 4 is 23.0 Å². The summed E-state index contributed by atoms with van der Waals surface area (Å²) in [7, 11) is 0. The van der Waals surface area contributed by atoms with Crippen LogP contribution in [0.25, 0.3) is 5.69 Å². The van der Waals surface area contributed by atoms with E-state index in [0.717, 1.165) is 17.2 Å². The predicted octanol–water partition coefficient (Wildman–Crippen LogP) is 4.32. The van der Waals surface area contributed by atoms with Crippen LogP contribution in [-0.2, 0) is 0 Å². The lowest BCUT2D eigenvalue weighted by Crippen LogP contribution is -2.22. The topological polar surface area (TPSA) is 34.0 Å². The Morgan fingerprint density at radius 2 is 1.96 bits per heavy atom. The Morgan fingerprint density at radius 1 is 1.17 bits per heavy atom. The summed E-state index contributed by atoms with van der Waals surface area (Å²) in [5.41, 5.74) is 2.23. The molecule has 0 spiro atoms. The fourth-order valence-corrected chi connectivity index (χ4v) is 3.16. The molecule has 0 aliphatic carbocycles. The molecular weight excluding hydrogens is 315 g/mol. The molecule has 1 atom stereocenters. The van der Waals surface area contributed by atoms with Gasteiger partial charge in [-0.1, -0.05) is 24.6 Å². The number of benzene rings is 2. The molecule has 3 aromatic rings. The van der Waals surface area contributed by atoms with Gasteiger partial charge in [0.15, 0.2) is 0 Å². The van der Waals surface area contributed by atoms with Crippen LogP contribution in [0.5, 0.6) is 0 Å². The van der Waals surface area contributed by atoms with Crippen molar-refractivity contribution in [2.75, 3.05) is 11.4 Å². The summed E-state index contributed by atoms with van der Waals surface area (Å²) in [5.74, 6) is 0.560. The van der Waals surface area contributed by atoms with Gasteiger partial charge in [-0.25, -0.2) is 4.39 Å². The zero-order valence-corrected chi connectivity index (χ0v) is 13.2. The number of halogens is 2. The van der Waals surface area contributed by atoms with Crippen molar-refractivity contribution in [2.45, 2.75) is 12.8 Å². The van der Waals surface area contributed by atoms with Crippen molar-refractivity contribution in [2.24, 2.45) is 0 Å². The van der Waals surface area contributed by atoms with Gasteiger partial charge in [0.05, 0.1) is 5.69 Å². The fourth-order valence-electron chi connectivity index (χ4n) is 3.03. The second-order valence-corrected chi connectivity index (χ2v) is 6.09. The number of hydrogen-bond donors (Lipinski definition) is 0. The number of aromatic nitrogens is 3. The summed E-state index contributed by atoms with van der Waals surface area (Å²) in [5, 5.41) is 8.81. The molecule has 0 amide bonds. The predicted molar refractivity (Wildman–Crippen MR) is 88.2 cm³/mol. The molecule has 0 bridgehead atoms. The molecule has 116 valence electrons. The lowest BCUT2D eigenvalue weighted by Gasteiger charge is -2.26. The van der Waals surface area contributed by atoms with Gasteiger partial charge in [0.25, 0.3) is 0 Å². The standard InChI is InChI=1S/C17H14ClFN4/c1-11-9-22(13-7-5-12(18)6-8-13)15-4-2-3-14(19)16(15)23-10-20-21-17(11)23/h2-8,10-11H,9H2,1H3. The van der Waals surface area contributed by atoms with Crippen molar-refractivity contribution in [3.63, 3.8) is 0 Å². The Bertz CT molecular complexity index is 859. The molecule has 4 rings (SSSR count). The lowest BCUT2D eigenvalue weighted by atomic mass is 10.1. The molecule has 4 nitrogen and oxygen atoms in total. The van der Waals surface area contributed by atoms with Crippen molar-refractivity contribution in [1.82, 2.24) is 14.8 Å². The van der Waals surface area contributed by atoms with Gasteiger partial charge in [-0.3, -0.25) is 4.57 Å². The van der Waals surface area contributed by atoms with Crippen LogP contribution in [-0.4, -0.2) is 21.3 Å². The van der Waals surface area contributed by atoms with Crippen LogP contribution < -0.4 is 4.90 Å². The highest BCUT2D eigenvalue weighted by molar-refractivity contribution is 6.30. The van der Waals surface area contributed by atoms with E-state index >= 15 is 0 Å². The van der Waals surface area contributed by atoms with Crippen LogP contribution >= 0.6 is 11.6 Å². The first kappa shape index (κ1) is 14.2. The lowest BCUT2D eigenvalue weighted by molar-refractivity contribution is 0.615. The highest BCUT2D eigenvalue weighted by Gasteiger charge is 2.28. The van der Waals surface area contributed by atoms with Gasteiger partial charge in [-0.15, -0.1) is 10.2 Å². The SMILES string of the molecule is CC1CN(c2ccc(Cl)cc2)c2cccc(F)c2-n2cnnc21. The summed E-state index contributed by atoms with van der Waals surface area (Å²) in [4.78, 5) is 2.09. The molecule has 0 N–H and O–H groups in total. The number of anilines is 2. The second-order valence-electron chi connectivity index (χ2n) is 5.65. The van der Waals surface area contributed by atoms with Gasteiger partial charge in [-0.2, -0.15) is 0 Å². The summed E-state index contributed by atoms with van der Waals surface area (Å²) < 4.78 is 16.3. The molecule has 0 saturated carbocycles. The van der Waals surface area contributed by atoms with E-state index in [-0.39, 0.29) is 11.7 Å². The number of para-hydroxylation sites is 1. The van der Waals surface area contributed by atoms with Crippen LogP contribution in [0.4, 0.5) is 15.8 Å². The van der Waals surface area contributed by atoms with Gasteiger partial charge in [-0.05, 0) is 36.4 Å². The molecule has 1 aliphatic rings. The molecule has 0 radical (unpaired) electrons. The van der Waals surface area contributed by atoms with E-state index in [2.05, 4.69) is 22.0 Å². The van der Waals surface area contributed by atoms with Crippen LogP contribution in [0.3, 0.4) is 0 Å². The van der Waals surface area contributed by atoms with E-state index in [1.165, 1.54) is 6.07 Å². The number of hydrogen-bond acceptors (Lipinski definition) is 3. The Kier molecular flexibility index (Phi) is 3.31. The minimum atomic E-state index is -0.295. The quantitative estimate of drug-likeness (QED) is 0.667. The normalized spacial score (nSPS) is 16.7. The molecule has 0 saturated heterocycles. The molecule has 1 aromatic heterocycles. The summed E-state index contributed by atoms with van der Waals surface area (Å²) in [6, 6.07) is 12.6. The van der Waals surface area contributed by atoms with E-state index in [1.54, 1.807) is 17.0 Å². The Balaban J connectivity index is 1.95. The minimum absolute atomic E-state index is 0.0972.